The van der Waals surface area contributed by atoms with Crippen molar-refractivity contribution < 1.29 is 9.59 Å². The van der Waals surface area contributed by atoms with Crippen molar-refractivity contribution in [2.75, 3.05) is 0 Å². The molecule has 3 aromatic rings. The summed E-state index contributed by atoms with van der Waals surface area (Å²) >= 11 is 0. The van der Waals surface area contributed by atoms with Crippen LogP contribution in [0.25, 0.3) is 11.1 Å². The molecular weight excluding hydrogens is 296 g/mol. The van der Waals surface area contributed by atoms with E-state index in [1.807, 2.05) is 85.8 Å². The Hall–Kier alpha value is -3.00. The Kier molecular flexibility index (Phi) is 4.66. The largest absolute Gasteiger partial charge is 0.303 e. The predicted octanol–water partition coefficient (Wildman–Crippen LogP) is 4.89. The van der Waals surface area contributed by atoms with E-state index in [4.69, 9.17) is 0 Å². The van der Waals surface area contributed by atoms with Crippen LogP contribution in [0.1, 0.15) is 34.3 Å². The number of benzene rings is 3. The van der Waals surface area contributed by atoms with Gasteiger partial charge in [0.25, 0.3) is 0 Å². The zero-order chi connectivity index (χ0) is 16.9. The molecule has 0 aromatic heterocycles. The lowest BCUT2D eigenvalue weighted by atomic mass is 9.91. The quantitative estimate of drug-likeness (QED) is 0.496. The van der Waals surface area contributed by atoms with Gasteiger partial charge in [0.15, 0.2) is 5.78 Å². The van der Waals surface area contributed by atoms with Crippen molar-refractivity contribution in [3.8, 4) is 11.1 Å². The molecule has 0 radical (unpaired) electrons. The van der Waals surface area contributed by atoms with E-state index in [9.17, 15) is 9.59 Å². The summed E-state index contributed by atoms with van der Waals surface area (Å²) in [7, 11) is 0. The van der Waals surface area contributed by atoms with Gasteiger partial charge in [0.05, 0.1) is 0 Å². The van der Waals surface area contributed by atoms with Crippen LogP contribution >= 0.6 is 0 Å². The molecule has 0 saturated heterocycles. The van der Waals surface area contributed by atoms with E-state index in [0.717, 1.165) is 23.0 Å². The first-order valence-electron chi connectivity index (χ1n) is 7.95. The fourth-order valence-corrected chi connectivity index (χ4v) is 2.81. The zero-order valence-corrected chi connectivity index (χ0v) is 13.5. The second-order valence-corrected chi connectivity index (χ2v) is 5.79. The molecule has 0 aliphatic rings. The first kappa shape index (κ1) is 15.9. The second-order valence-electron chi connectivity index (χ2n) is 5.79. The Morgan fingerprint density at radius 2 is 1.50 bits per heavy atom. The number of ketones is 1. The highest BCUT2D eigenvalue weighted by atomic mass is 16.1. The number of hydrogen-bond donors (Lipinski definition) is 0. The standard InChI is InChI=1S/C22H18O2/c1-16(15-23)20-12-5-6-13-21(20)18-10-7-11-19(14-18)22(24)17-8-3-2-4-9-17/h2-16H,1H3. The first-order chi connectivity index (χ1) is 11.7. The van der Waals surface area contributed by atoms with E-state index in [1.165, 1.54) is 0 Å². The molecular formula is C22H18O2. The maximum atomic E-state index is 12.6. The van der Waals surface area contributed by atoms with Gasteiger partial charge in [-0.2, -0.15) is 0 Å². The van der Waals surface area contributed by atoms with Gasteiger partial charge in [-0.25, -0.2) is 0 Å². The minimum Gasteiger partial charge on any atom is -0.303 e. The van der Waals surface area contributed by atoms with E-state index >= 15 is 0 Å². The van der Waals surface area contributed by atoms with Crippen molar-refractivity contribution in [1.29, 1.82) is 0 Å². The molecule has 0 amide bonds. The van der Waals surface area contributed by atoms with E-state index < -0.39 is 0 Å². The maximum absolute atomic E-state index is 12.6. The smallest absolute Gasteiger partial charge is 0.193 e. The molecule has 24 heavy (non-hydrogen) atoms. The van der Waals surface area contributed by atoms with Crippen LogP contribution < -0.4 is 0 Å². The van der Waals surface area contributed by atoms with Crippen LogP contribution in [-0.2, 0) is 4.79 Å². The third kappa shape index (κ3) is 3.18. The van der Waals surface area contributed by atoms with E-state index in [2.05, 4.69) is 0 Å². The van der Waals surface area contributed by atoms with Gasteiger partial charge in [0.2, 0.25) is 0 Å². The van der Waals surface area contributed by atoms with Crippen LogP contribution in [0.3, 0.4) is 0 Å². The summed E-state index contributed by atoms with van der Waals surface area (Å²) in [6, 6.07) is 24.6. The molecule has 2 heteroatoms. The van der Waals surface area contributed by atoms with Gasteiger partial charge in [0, 0.05) is 17.0 Å². The van der Waals surface area contributed by atoms with Gasteiger partial charge in [-0.15, -0.1) is 0 Å². The minimum atomic E-state index is -0.185. The van der Waals surface area contributed by atoms with E-state index in [-0.39, 0.29) is 11.7 Å². The number of aldehydes is 1. The molecule has 3 aromatic carbocycles. The fraction of sp³-hybridized carbons (Fsp3) is 0.0909. The monoisotopic (exact) mass is 314 g/mol. The Balaban J connectivity index is 2.03. The molecule has 0 heterocycles. The SMILES string of the molecule is CC(C=O)c1ccccc1-c1cccc(C(=O)c2ccccc2)c1. The van der Waals surface area contributed by atoms with E-state index in [0.29, 0.717) is 11.1 Å². The lowest BCUT2D eigenvalue weighted by Crippen LogP contribution is -2.02. The molecule has 3 rings (SSSR count). The Morgan fingerprint density at radius 3 is 2.25 bits per heavy atom. The summed E-state index contributed by atoms with van der Waals surface area (Å²) in [6.45, 7) is 1.88. The van der Waals surface area contributed by atoms with Crippen molar-refractivity contribution >= 4 is 12.1 Å². The van der Waals surface area contributed by atoms with Gasteiger partial charge < -0.3 is 4.79 Å². The van der Waals surface area contributed by atoms with Crippen molar-refractivity contribution in [3.05, 3.63) is 95.6 Å². The van der Waals surface area contributed by atoms with Crippen LogP contribution in [0.5, 0.6) is 0 Å². The van der Waals surface area contributed by atoms with Crippen molar-refractivity contribution in [2.45, 2.75) is 12.8 Å². The van der Waals surface area contributed by atoms with E-state index in [1.54, 1.807) is 0 Å². The van der Waals surface area contributed by atoms with Gasteiger partial charge >= 0.3 is 0 Å². The molecule has 0 fully saturated rings. The molecule has 0 aliphatic heterocycles. The average molecular weight is 314 g/mol. The summed E-state index contributed by atoms with van der Waals surface area (Å²) in [6.07, 6.45) is 0.942. The maximum Gasteiger partial charge on any atom is 0.193 e. The molecule has 0 aliphatic carbocycles. The van der Waals surface area contributed by atoms with Gasteiger partial charge in [0.1, 0.15) is 6.29 Å². The summed E-state index contributed by atoms with van der Waals surface area (Å²) in [5, 5.41) is 0. The topological polar surface area (TPSA) is 34.1 Å². The number of rotatable bonds is 5. The first-order valence-corrected chi connectivity index (χ1v) is 7.95. The Bertz CT molecular complexity index is 866. The highest BCUT2D eigenvalue weighted by molar-refractivity contribution is 6.09. The van der Waals surface area contributed by atoms with Crippen molar-refractivity contribution in [3.63, 3.8) is 0 Å². The lowest BCUT2D eigenvalue weighted by molar-refractivity contribution is -0.108. The Labute approximate surface area is 141 Å². The molecule has 2 nitrogen and oxygen atoms in total. The zero-order valence-electron chi connectivity index (χ0n) is 13.5. The third-order valence-electron chi connectivity index (χ3n) is 4.13. The van der Waals surface area contributed by atoms with Crippen LogP contribution in [0, 0.1) is 0 Å². The minimum absolute atomic E-state index is 0.00151. The fourth-order valence-electron chi connectivity index (χ4n) is 2.81. The normalized spacial score (nSPS) is 11.7. The summed E-state index contributed by atoms with van der Waals surface area (Å²) in [5.74, 6) is -0.187. The third-order valence-corrected chi connectivity index (χ3v) is 4.13. The average Bonchev–Trinajstić information content (AvgIpc) is 2.67. The molecule has 1 unspecified atom stereocenters. The van der Waals surface area contributed by atoms with Crippen molar-refractivity contribution in [2.24, 2.45) is 0 Å². The molecule has 0 saturated carbocycles. The van der Waals surface area contributed by atoms with Gasteiger partial charge in [-0.3, -0.25) is 4.79 Å². The molecule has 118 valence electrons. The van der Waals surface area contributed by atoms with Crippen LogP contribution in [0.2, 0.25) is 0 Å². The highest BCUT2D eigenvalue weighted by Crippen LogP contribution is 2.29. The van der Waals surface area contributed by atoms with Crippen molar-refractivity contribution in [1.82, 2.24) is 0 Å². The number of hydrogen-bond acceptors (Lipinski definition) is 2. The summed E-state index contributed by atoms with van der Waals surface area (Å²) in [5.41, 5.74) is 4.22. The molecule has 0 N–H and O–H groups in total. The summed E-state index contributed by atoms with van der Waals surface area (Å²) < 4.78 is 0. The molecule has 0 spiro atoms. The number of carbonyl (C=O) groups is 2. The Morgan fingerprint density at radius 1 is 0.833 bits per heavy atom. The highest BCUT2D eigenvalue weighted by Gasteiger charge is 2.13. The van der Waals surface area contributed by atoms with Gasteiger partial charge in [-0.1, -0.05) is 79.7 Å². The van der Waals surface area contributed by atoms with Crippen LogP contribution in [0.4, 0.5) is 0 Å². The van der Waals surface area contributed by atoms with Crippen LogP contribution in [0.15, 0.2) is 78.9 Å². The molecule has 0 bridgehead atoms. The summed E-state index contributed by atoms with van der Waals surface area (Å²) in [4.78, 5) is 23.8. The second kappa shape index (κ2) is 7.05. The predicted molar refractivity (Wildman–Crippen MR) is 96.2 cm³/mol. The lowest BCUT2D eigenvalue weighted by Gasteiger charge is -2.13. The van der Waals surface area contributed by atoms with Gasteiger partial charge in [-0.05, 0) is 22.8 Å². The number of carbonyl (C=O) groups excluding carboxylic acids is 2. The molecule has 1 atom stereocenters. The van der Waals surface area contributed by atoms with Crippen LogP contribution in [-0.4, -0.2) is 12.1 Å².